The fourth-order valence-electron chi connectivity index (χ4n) is 7.74. The second-order valence-electron chi connectivity index (χ2n) is 10.3. The van der Waals surface area contributed by atoms with Crippen molar-refractivity contribution in [1.82, 2.24) is 0 Å². The largest absolute Gasteiger partial charge is 0.450 e. The number of carbonyl (C=O) groups is 3. The predicted octanol–water partition coefficient (Wildman–Crippen LogP) is 2.74. The first-order valence-corrected chi connectivity index (χ1v) is 11.4. The van der Waals surface area contributed by atoms with Gasteiger partial charge in [0, 0.05) is 23.7 Å². The molecular weight excluding hydrogens is 420 g/mol. The smallest absolute Gasteiger partial charge is 0.303 e. The van der Waals surface area contributed by atoms with Gasteiger partial charge in [0.1, 0.15) is 6.61 Å². The van der Waals surface area contributed by atoms with Crippen LogP contribution in [0.15, 0.2) is 23.8 Å². The van der Waals surface area contributed by atoms with Crippen molar-refractivity contribution in [3.05, 3.63) is 23.8 Å². The number of carbonyl (C=O) groups excluding carboxylic acids is 3. The lowest BCUT2D eigenvalue weighted by Gasteiger charge is -2.64. The van der Waals surface area contributed by atoms with Crippen molar-refractivity contribution in [2.24, 2.45) is 28.6 Å². The Labute approximate surface area is 187 Å². The zero-order valence-corrected chi connectivity index (χ0v) is 19.2. The van der Waals surface area contributed by atoms with E-state index < -0.39 is 45.8 Å². The number of ether oxygens (including phenoxy) is 1. The molecule has 0 unspecified atom stereocenters. The van der Waals surface area contributed by atoms with Crippen LogP contribution in [0.25, 0.3) is 0 Å². The van der Waals surface area contributed by atoms with Gasteiger partial charge in [-0.2, -0.15) is 0 Å². The molecule has 6 nitrogen and oxygen atoms in total. The van der Waals surface area contributed by atoms with E-state index in [9.17, 15) is 24.6 Å². The van der Waals surface area contributed by atoms with E-state index in [1.165, 1.54) is 13.0 Å². The van der Waals surface area contributed by atoms with Gasteiger partial charge in [0.2, 0.25) is 5.78 Å². The molecule has 4 aliphatic carbocycles. The van der Waals surface area contributed by atoms with Crippen LogP contribution in [-0.4, -0.2) is 50.9 Å². The molecule has 0 aromatic rings. The molecule has 0 amide bonds. The molecular formula is C24H31ClO6. The summed E-state index contributed by atoms with van der Waals surface area (Å²) in [4.78, 5) is 36.2. The van der Waals surface area contributed by atoms with Crippen molar-refractivity contribution < 1.29 is 29.3 Å². The number of esters is 1. The molecule has 0 aromatic heterocycles. The van der Waals surface area contributed by atoms with Crippen LogP contribution < -0.4 is 0 Å². The van der Waals surface area contributed by atoms with Crippen LogP contribution in [-0.2, 0) is 19.1 Å². The van der Waals surface area contributed by atoms with E-state index in [1.54, 1.807) is 6.08 Å². The molecule has 0 heterocycles. The first-order chi connectivity index (χ1) is 14.4. The molecule has 0 radical (unpaired) electrons. The molecule has 170 valence electrons. The van der Waals surface area contributed by atoms with E-state index >= 15 is 0 Å². The minimum absolute atomic E-state index is 0.0711. The number of hydrogen-bond donors (Lipinski definition) is 2. The fraction of sp³-hybridized carbons (Fsp3) is 0.708. The van der Waals surface area contributed by atoms with Crippen LogP contribution in [0.3, 0.4) is 0 Å². The fourth-order valence-corrected chi connectivity index (χ4v) is 8.27. The highest BCUT2D eigenvalue weighted by atomic mass is 35.5. The number of halogens is 1. The summed E-state index contributed by atoms with van der Waals surface area (Å²) in [6.45, 7) is 6.28. The van der Waals surface area contributed by atoms with Gasteiger partial charge in [-0.1, -0.05) is 32.4 Å². The zero-order chi connectivity index (χ0) is 23.0. The quantitative estimate of drug-likeness (QED) is 0.506. The van der Waals surface area contributed by atoms with Gasteiger partial charge in [-0.25, -0.2) is 0 Å². The zero-order valence-electron chi connectivity index (χ0n) is 18.5. The number of alkyl halides is 1. The van der Waals surface area contributed by atoms with Gasteiger partial charge < -0.3 is 14.9 Å². The standard InChI is InChI=1S/C24H31ClO6/c1-13-9-18-17-6-5-15-10-16(28)7-8-21(15,3)23(17,25)19(29)11-22(18,4)24(13,20(30)12-26)31-14(2)27/h7-8,10,13,17-19,26,29H,5-6,9,11-12H2,1-4H3/t13-,17-,18-,19-,21-,22-,23-,24-/m0/s1. The van der Waals surface area contributed by atoms with Crippen molar-refractivity contribution in [2.75, 3.05) is 6.61 Å². The van der Waals surface area contributed by atoms with Gasteiger partial charge in [0.25, 0.3) is 0 Å². The Hall–Kier alpha value is -1.50. The molecule has 4 aliphatic rings. The molecule has 3 saturated carbocycles. The summed E-state index contributed by atoms with van der Waals surface area (Å²) in [5.74, 6) is -1.76. The van der Waals surface area contributed by atoms with Crippen molar-refractivity contribution in [1.29, 1.82) is 0 Å². The third kappa shape index (κ3) is 2.61. The highest BCUT2D eigenvalue weighted by Gasteiger charge is 2.76. The maximum atomic E-state index is 13.1. The highest BCUT2D eigenvalue weighted by Crippen LogP contribution is 2.72. The molecule has 0 saturated heterocycles. The summed E-state index contributed by atoms with van der Waals surface area (Å²) in [6.07, 6.45) is 6.08. The van der Waals surface area contributed by atoms with Crippen molar-refractivity contribution in [3.8, 4) is 0 Å². The SMILES string of the molecule is CC(=O)O[C@]1(C(=O)CO)[C@@H](C)C[C@H]2[C@@H]3CCC4=CC(=O)C=C[C@]4(C)[C@@]3(Cl)[C@@H](O)C[C@@]21C. The number of aliphatic hydroxyl groups is 2. The Morgan fingerprint density at radius 3 is 2.58 bits per heavy atom. The van der Waals surface area contributed by atoms with E-state index in [1.807, 2.05) is 26.8 Å². The monoisotopic (exact) mass is 450 g/mol. The van der Waals surface area contributed by atoms with Crippen LogP contribution in [0.2, 0.25) is 0 Å². The molecule has 0 aliphatic heterocycles. The number of allylic oxidation sites excluding steroid dienone is 4. The molecule has 2 N–H and O–H groups in total. The Morgan fingerprint density at radius 2 is 1.97 bits per heavy atom. The molecule has 31 heavy (non-hydrogen) atoms. The van der Waals surface area contributed by atoms with E-state index in [0.29, 0.717) is 19.3 Å². The van der Waals surface area contributed by atoms with E-state index in [0.717, 1.165) is 5.57 Å². The van der Waals surface area contributed by atoms with Crippen LogP contribution >= 0.6 is 11.6 Å². The lowest BCUT2D eigenvalue weighted by molar-refractivity contribution is -0.201. The van der Waals surface area contributed by atoms with E-state index in [2.05, 4.69) is 0 Å². The average molecular weight is 451 g/mol. The first kappa shape index (κ1) is 22.7. The van der Waals surface area contributed by atoms with Crippen LogP contribution in [0, 0.1) is 28.6 Å². The number of rotatable bonds is 3. The third-order valence-corrected chi connectivity index (χ3v) is 9.97. The molecule has 0 spiro atoms. The van der Waals surface area contributed by atoms with Gasteiger partial charge in [-0.15, -0.1) is 11.6 Å². The topological polar surface area (TPSA) is 101 Å². The Morgan fingerprint density at radius 1 is 1.29 bits per heavy atom. The number of aliphatic hydroxyl groups excluding tert-OH is 2. The summed E-state index contributed by atoms with van der Waals surface area (Å²) in [5.41, 5.74) is -2.14. The number of Topliss-reactive ketones (excluding diaryl/α,β-unsaturated/α-hetero) is 1. The molecule has 0 bridgehead atoms. The summed E-state index contributed by atoms with van der Waals surface area (Å²) >= 11 is 7.38. The summed E-state index contributed by atoms with van der Waals surface area (Å²) in [5, 5.41) is 21.3. The number of ketones is 2. The van der Waals surface area contributed by atoms with Gasteiger partial charge >= 0.3 is 5.97 Å². The third-order valence-electron chi connectivity index (χ3n) is 9.04. The second-order valence-corrected chi connectivity index (χ2v) is 10.9. The minimum atomic E-state index is -1.51. The van der Waals surface area contributed by atoms with Gasteiger partial charge in [0.15, 0.2) is 11.4 Å². The van der Waals surface area contributed by atoms with Gasteiger partial charge in [-0.3, -0.25) is 14.4 Å². The molecule has 8 atom stereocenters. The Balaban J connectivity index is 1.86. The maximum absolute atomic E-state index is 13.1. The maximum Gasteiger partial charge on any atom is 0.303 e. The normalized spacial score (nSPS) is 48.4. The second kappa shape index (κ2) is 7.00. The summed E-state index contributed by atoms with van der Waals surface area (Å²) in [6, 6.07) is 0. The molecule has 7 heteroatoms. The van der Waals surface area contributed by atoms with Crippen molar-refractivity contribution in [2.45, 2.75) is 70.0 Å². The number of hydrogen-bond acceptors (Lipinski definition) is 6. The molecule has 3 fully saturated rings. The summed E-state index contributed by atoms with van der Waals surface area (Å²) in [7, 11) is 0. The van der Waals surface area contributed by atoms with Gasteiger partial charge in [0.05, 0.1) is 11.0 Å². The lowest BCUT2D eigenvalue weighted by atomic mass is 9.45. The van der Waals surface area contributed by atoms with Crippen LogP contribution in [0.1, 0.15) is 53.4 Å². The molecule has 0 aromatic carbocycles. The van der Waals surface area contributed by atoms with Crippen LogP contribution in [0.4, 0.5) is 0 Å². The van der Waals surface area contributed by atoms with Crippen molar-refractivity contribution >= 4 is 29.1 Å². The summed E-state index contributed by atoms with van der Waals surface area (Å²) < 4.78 is 5.77. The Kier molecular flexibility index (Phi) is 5.12. The first-order valence-electron chi connectivity index (χ1n) is 11.0. The molecule has 4 rings (SSSR count). The highest BCUT2D eigenvalue weighted by molar-refractivity contribution is 6.26. The number of fused-ring (bicyclic) bond motifs is 5. The minimum Gasteiger partial charge on any atom is -0.450 e. The van der Waals surface area contributed by atoms with Crippen molar-refractivity contribution in [3.63, 3.8) is 0 Å². The van der Waals surface area contributed by atoms with E-state index in [-0.39, 0.29) is 30.0 Å². The average Bonchev–Trinajstić information content (AvgIpc) is 2.90. The lowest BCUT2D eigenvalue weighted by Crippen LogP contribution is -2.69. The van der Waals surface area contributed by atoms with Gasteiger partial charge in [-0.05, 0) is 49.7 Å². The van der Waals surface area contributed by atoms with Crippen LogP contribution in [0.5, 0.6) is 0 Å². The predicted molar refractivity (Wildman–Crippen MR) is 114 cm³/mol. The Bertz CT molecular complexity index is 910. The van der Waals surface area contributed by atoms with E-state index in [4.69, 9.17) is 16.3 Å².